The Morgan fingerprint density at radius 2 is 1.66 bits per heavy atom. The maximum absolute atomic E-state index is 10.7. The fourth-order valence-electron chi connectivity index (χ4n) is 9.27. The summed E-state index contributed by atoms with van der Waals surface area (Å²) in [5.74, 6) is 6.28. The van der Waals surface area contributed by atoms with Crippen LogP contribution >= 0.6 is 15.9 Å². The number of fused-ring (bicyclic) bond motifs is 5. The zero-order valence-corrected chi connectivity index (χ0v) is 21.4. The molecule has 0 heterocycles. The predicted octanol–water partition coefficient (Wildman–Crippen LogP) is 7.84. The van der Waals surface area contributed by atoms with Crippen LogP contribution in [-0.2, 0) is 0 Å². The van der Waals surface area contributed by atoms with E-state index in [0.717, 1.165) is 47.8 Å². The largest absolute Gasteiger partial charge is 0.392 e. The Balaban J connectivity index is 1.47. The highest BCUT2D eigenvalue weighted by Gasteiger charge is 2.61. The molecule has 0 saturated heterocycles. The second kappa shape index (κ2) is 8.42. The first-order valence-corrected chi connectivity index (χ1v) is 13.9. The number of hydrogen-bond donors (Lipinski definition) is 1. The monoisotopic (exact) mass is 466 g/mol. The molecule has 0 aliphatic heterocycles. The fourth-order valence-corrected chi connectivity index (χ4v) is 9.91. The average Bonchev–Trinajstić information content (AvgIpc) is 3.00. The molecule has 0 aromatic carbocycles. The molecule has 4 aliphatic carbocycles. The average molecular weight is 468 g/mol. The van der Waals surface area contributed by atoms with Gasteiger partial charge in [-0.15, -0.1) is 0 Å². The van der Waals surface area contributed by atoms with Crippen molar-refractivity contribution in [2.24, 2.45) is 52.3 Å². The Hall–Kier alpha value is 0.440. The Labute approximate surface area is 189 Å². The second-order valence-corrected chi connectivity index (χ2v) is 13.9. The van der Waals surface area contributed by atoms with E-state index in [9.17, 15) is 5.11 Å². The molecule has 0 radical (unpaired) electrons. The third kappa shape index (κ3) is 3.90. The number of aliphatic hydroxyl groups is 1. The number of hydrogen-bond acceptors (Lipinski definition) is 1. The fraction of sp³-hybridized carbons (Fsp3) is 1.00. The molecule has 4 aliphatic rings. The normalized spacial score (nSPS) is 50.7. The Bertz CT molecular complexity index is 575. The van der Waals surface area contributed by atoms with Crippen LogP contribution in [0.4, 0.5) is 0 Å². The van der Waals surface area contributed by atoms with Crippen LogP contribution in [-0.4, -0.2) is 16.0 Å². The maximum Gasteiger partial charge on any atom is 0.0670 e. The van der Waals surface area contributed by atoms with Crippen molar-refractivity contribution < 1.29 is 5.11 Å². The molecule has 4 fully saturated rings. The smallest absolute Gasteiger partial charge is 0.0670 e. The molecule has 4 saturated carbocycles. The van der Waals surface area contributed by atoms with Gasteiger partial charge in [0.2, 0.25) is 0 Å². The van der Waals surface area contributed by atoms with Gasteiger partial charge in [-0.25, -0.2) is 0 Å². The molecule has 2 heteroatoms. The van der Waals surface area contributed by atoms with E-state index >= 15 is 0 Å². The number of aliphatic hydroxyl groups excluding tert-OH is 1. The molecule has 0 spiro atoms. The van der Waals surface area contributed by atoms with Gasteiger partial charge in [0, 0.05) is 4.83 Å². The lowest BCUT2D eigenvalue weighted by atomic mass is 9.44. The first kappa shape index (κ1) is 22.6. The van der Waals surface area contributed by atoms with E-state index in [4.69, 9.17) is 0 Å². The van der Waals surface area contributed by atoms with Gasteiger partial charge in [0.1, 0.15) is 0 Å². The van der Waals surface area contributed by atoms with Gasteiger partial charge in [-0.1, -0.05) is 69.8 Å². The summed E-state index contributed by atoms with van der Waals surface area (Å²) in [6.45, 7) is 12.6. The van der Waals surface area contributed by atoms with Gasteiger partial charge in [0.05, 0.1) is 6.10 Å². The van der Waals surface area contributed by atoms with Crippen molar-refractivity contribution in [1.82, 2.24) is 0 Å². The molecular formula is C27H47BrO. The van der Waals surface area contributed by atoms with Gasteiger partial charge in [-0.2, -0.15) is 0 Å². The summed E-state index contributed by atoms with van der Waals surface area (Å²) in [6.07, 6.45) is 15.1. The molecule has 0 aromatic heterocycles. The molecule has 0 aromatic rings. The van der Waals surface area contributed by atoms with Crippen LogP contribution in [0.5, 0.6) is 0 Å². The van der Waals surface area contributed by atoms with E-state index < -0.39 is 0 Å². The minimum Gasteiger partial charge on any atom is -0.392 e. The Morgan fingerprint density at radius 1 is 0.931 bits per heavy atom. The van der Waals surface area contributed by atoms with Crippen LogP contribution < -0.4 is 0 Å². The van der Waals surface area contributed by atoms with E-state index in [1.807, 2.05) is 0 Å². The van der Waals surface area contributed by atoms with Gasteiger partial charge in [-0.3, -0.25) is 0 Å². The number of rotatable bonds is 5. The SMILES string of the molecule is CC(C)CCC[C@@H](C)[C@H]1CC[C@H]2[C@@H]3CCC4CC(Br)C(O)C[C@]4(C)[C@H]3CC[C@]12C. The third-order valence-corrected chi connectivity index (χ3v) is 11.8. The molecule has 0 amide bonds. The third-order valence-electron chi connectivity index (χ3n) is 10.8. The van der Waals surface area contributed by atoms with Crippen LogP contribution in [0.1, 0.15) is 105 Å². The summed E-state index contributed by atoms with van der Waals surface area (Å²) >= 11 is 3.78. The van der Waals surface area contributed by atoms with Gasteiger partial charge in [0.15, 0.2) is 0 Å². The minimum absolute atomic E-state index is 0.138. The van der Waals surface area contributed by atoms with Crippen molar-refractivity contribution in [3.8, 4) is 0 Å². The van der Waals surface area contributed by atoms with Crippen molar-refractivity contribution in [3.63, 3.8) is 0 Å². The highest BCUT2D eigenvalue weighted by Crippen LogP contribution is 2.68. The van der Waals surface area contributed by atoms with Crippen molar-refractivity contribution in [1.29, 1.82) is 0 Å². The van der Waals surface area contributed by atoms with Crippen molar-refractivity contribution in [3.05, 3.63) is 0 Å². The molecule has 1 N–H and O–H groups in total. The quantitative estimate of drug-likeness (QED) is 0.408. The van der Waals surface area contributed by atoms with Gasteiger partial charge in [0.25, 0.3) is 0 Å². The van der Waals surface area contributed by atoms with Crippen LogP contribution in [0.2, 0.25) is 0 Å². The van der Waals surface area contributed by atoms with E-state index in [1.165, 1.54) is 64.2 Å². The first-order valence-electron chi connectivity index (χ1n) is 13.0. The van der Waals surface area contributed by atoms with Crippen LogP contribution in [0.3, 0.4) is 0 Å². The molecule has 1 nitrogen and oxygen atoms in total. The molecule has 168 valence electrons. The lowest BCUT2D eigenvalue weighted by Crippen LogP contribution is -2.56. The first-order chi connectivity index (χ1) is 13.7. The molecule has 29 heavy (non-hydrogen) atoms. The van der Waals surface area contributed by atoms with Crippen molar-refractivity contribution >= 4 is 15.9 Å². The maximum atomic E-state index is 10.7. The summed E-state index contributed by atoms with van der Waals surface area (Å²) in [4.78, 5) is 0.327. The molecule has 0 bridgehead atoms. The summed E-state index contributed by atoms with van der Waals surface area (Å²) in [5, 5.41) is 10.7. The molecule has 4 rings (SSSR count). The van der Waals surface area contributed by atoms with E-state index in [1.54, 1.807) is 0 Å². The molecule has 3 unspecified atom stereocenters. The number of alkyl halides is 1. The van der Waals surface area contributed by atoms with E-state index in [0.29, 0.717) is 15.7 Å². The van der Waals surface area contributed by atoms with Crippen LogP contribution in [0, 0.1) is 52.3 Å². The van der Waals surface area contributed by atoms with E-state index in [-0.39, 0.29) is 6.10 Å². The van der Waals surface area contributed by atoms with Gasteiger partial charge < -0.3 is 5.11 Å². The number of halogens is 1. The highest BCUT2D eigenvalue weighted by molar-refractivity contribution is 9.09. The highest BCUT2D eigenvalue weighted by atomic mass is 79.9. The van der Waals surface area contributed by atoms with E-state index in [2.05, 4.69) is 50.5 Å². The Morgan fingerprint density at radius 3 is 2.38 bits per heavy atom. The van der Waals surface area contributed by atoms with Crippen molar-refractivity contribution in [2.45, 2.75) is 116 Å². The van der Waals surface area contributed by atoms with Crippen LogP contribution in [0.25, 0.3) is 0 Å². The molecule has 10 atom stereocenters. The lowest BCUT2D eigenvalue weighted by molar-refractivity contribution is -0.130. The molecular weight excluding hydrogens is 420 g/mol. The summed E-state index contributed by atoms with van der Waals surface area (Å²) in [5.41, 5.74) is 0.974. The van der Waals surface area contributed by atoms with Gasteiger partial charge >= 0.3 is 0 Å². The standard InChI is InChI=1S/C27H47BrO/c1-17(2)7-6-8-18(3)21-11-12-22-20-10-9-19-15-24(28)25(29)16-27(19,5)23(20)13-14-26(21,22)4/h17-25,29H,6-16H2,1-5H3/t18-,19?,20+,21-,22+,23+,24?,25?,26-,27+/m1/s1. The topological polar surface area (TPSA) is 20.2 Å². The minimum atomic E-state index is -0.138. The van der Waals surface area contributed by atoms with Crippen LogP contribution in [0.15, 0.2) is 0 Å². The second-order valence-electron chi connectivity index (χ2n) is 12.7. The summed E-state index contributed by atoms with van der Waals surface area (Å²) in [6, 6.07) is 0. The summed E-state index contributed by atoms with van der Waals surface area (Å²) < 4.78 is 0. The Kier molecular flexibility index (Phi) is 6.57. The zero-order valence-electron chi connectivity index (χ0n) is 19.8. The van der Waals surface area contributed by atoms with Gasteiger partial charge in [-0.05, 0) is 104 Å². The van der Waals surface area contributed by atoms with Crippen molar-refractivity contribution in [2.75, 3.05) is 0 Å². The predicted molar refractivity (Wildman–Crippen MR) is 127 cm³/mol. The summed E-state index contributed by atoms with van der Waals surface area (Å²) in [7, 11) is 0. The lowest BCUT2D eigenvalue weighted by Gasteiger charge is -2.61. The zero-order chi connectivity index (χ0) is 21.0.